The van der Waals surface area contributed by atoms with Gasteiger partial charge in [0.25, 0.3) is 0 Å². The molecular weight excluding hydrogens is 437 g/mol. The first-order chi connectivity index (χ1) is 15.0. The van der Waals surface area contributed by atoms with Gasteiger partial charge in [-0.25, -0.2) is 4.79 Å². The molecule has 1 heterocycles. The lowest BCUT2D eigenvalue weighted by atomic mass is 10.0. The summed E-state index contributed by atoms with van der Waals surface area (Å²) in [5.41, 5.74) is 3.20. The zero-order valence-corrected chi connectivity index (χ0v) is 18.0. The topological polar surface area (TPSA) is 57.1 Å². The van der Waals surface area contributed by atoms with Crippen molar-refractivity contribution >= 4 is 41.0 Å². The minimum absolute atomic E-state index is 0.254. The molecule has 31 heavy (non-hydrogen) atoms. The Kier molecular flexibility index (Phi) is 6.26. The van der Waals surface area contributed by atoms with Gasteiger partial charge in [-0.05, 0) is 35.9 Å². The SMILES string of the molecule is COc1cc(/C=C2\C(=O)ON=C2c2ccccc2)ccc1OCc1ccc(Cl)cc1Cl. The zero-order valence-electron chi connectivity index (χ0n) is 16.5. The molecule has 0 N–H and O–H groups in total. The van der Waals surface area contributed by atoms with Crippen molar-refractivity contribution in [2.75, 3.05) is 7.11 Å². The fourth-order valence-corrected chi connectivity index (χ4v) is 3.53. The molecule has 5 nitrogen and oxygen atoms in total. The van der Waals surface area contributed by atoms with Gasteiger partial charge in [-0.2, -0.15) is 0 Å². The molecule has 0 atom stereocenters. The van der Waals surface area contributed by atoms with Crippen LogP contribution in [0.1, 0.15) is 16.7 Å². The van der Waals surface area contributed by atoms with Crippen LogP contribution >= 0.6 is 23.2 Å². The maximum absolute atomic E-state index is 12.2. The molecule has 0 unspecified atom stereocenters. The molecule has 0 spiro atoms. The normalized spacial score (nSPS) is 14.4. The molecule has 7 heteroatoms. The third kappa shape index (κ3) is 4.74. The molecule has 156 valence electrons. The third-order valence-corrected chi connectivity index (χ3v) is 5.23. The van der Waals surface area contributed by atoms with E-state index < -0.39 is 5.97 Å². The second-order valence-corrected chi connectivity index (χ2v) is 7.52. The van der Waals surface area contributed by atoms with Crippen LogP contribution in [0.25, 0.3) is 6.08 Å². The van der Waals surface area contributed by atoms with Crippen molar-refractivity contribution in [1.82, 2.24) is 0 Å². The van der Waals surface area contributed by atoms with Gasteiger partial charge in [0, 0.05) is 21.2 Å². The number of halogens is 2. The molecule has 3 aromatic rings. The second-order valence-electron chi connectivity index (χ2n) is 6.68. The third-order valence-electron chi connectivity index (χ3n) is 4.64. The average molecular weight is 454 g/mol. The van der Waals surface area contributed by atoms with Crippen LogP contribution in [0, 0.1) is 0 Å². The number of carbonyl (C=O) groups is 1. The Hall–Kier alpha value is -3.28. The fraction of sp³-hybridized carbons (Fsp3) is 0.0833. The van der Waals surface area contributed by atoms with Crippen LogP contribution < -0.4 is 9.47 Å². The highest BCUT2D eigenvalue weighted by molar-refractivity contribution is 6.35. The smallest absolute Gasteiger partial charge is 0.368 e. The van der Waals surface area contributed by atoms with Gasteiger partial charge in [0.2, 0.25) is 0 Å². The van der Waals surface area contributed by atoms with E-state index in [1.807, 2.05) is 42.5 Å². The van der Waals surface area contributed by atoms with Crippen LogP contribution in [-0.4, -0.2) is 18.8 Å². The van der Waals surface area contributed by atoms with Crippen molar-refractivity contribution in [2.45, 2.75) is 6.61 Å². The maximum Gasteiger partial charge on any atom is 0.368 e. The van der Waals surface area contributed by atoms with Gasteiger partial charge in [0.1, 0.15) is 12.3 Å². The predicted octanol–water partition coefficient (Wildman–Crippen LogP) is 5.93. The first-order valence-corrected chi connectivity index (χ1v) is 10.1. The van der Waals surface area contributed by atoms with Crippen molar-refractivity contribution in [3.63, 3.8) is 0 Å². The van der Waals surface area contributed by atoms with E-state index in [2.05, 4.69) is 5.16 Å². The second kappa shape index (κ2) is 9.25. The maximum atomic E-state index is 12.2. The molecule has 0 bridgehead atoms. The van der Waals surface area contributed by atoms with Crippen LogP contribution in [0.5, 0.6) is 11.5 Å². The van der Waals surface area contributed by atoms with Crippen LogP contribution in [-0.2, 0) is 16.2 Å². The molecule has 0 radical (unpaired) electrons. The number of hydrogen-bond donors (Lipinski definition) is 0. The first-order valence-electron chi connectivity index (χ1n) is 9.37. The summed E-state index contributed by atoms with van der Waals surface area (Å²) >= 11 is 12.1. The highest BCUT2D eigenvalue weighted by atomic mass is 35.5. The summed E-state index contributed by atoms with van der Waals surface area (Å²) in [6, 6.07) is 20.0. The molecule has 0 aromatic heterocycles. The largest absolute Gasteiger partial charge is 0.493 e. The minimum atomic E-state index is -0.504. The monoisotopic (exact) mass is 453 g/mol. The standard InChI is InChI=1S/C24H17Cl2NO4/c1-29-22-12-15(7-10-21(22)30-14-17-8-9-18(25)13-20(17)26)11-19-23(27-31-24(19)28)16-5-3-2-4-6-16/h2-13H,14H2,1H3/b19-11-. The molecule has 0 saturated heterocycles. The molecule has 0 fully saturated rings. The van der Waals surface area contributed by atoms with E-state index in [4.69, 9.17) is 37.5 Å². The van der Waals surface area contributed by atoms with Gasteiger partial charge < -0.3 is 14.3 Å². The molecule has 4 rings (SSSR count). The summed E-state index contributed by atoms with van der Waals surface area (Å²) in [6.07, 6.45) is 1.71. The Labute approximate surface area is 189 Å². The molecule has 1 aliphatic rings. The highest BCUT2D eigenvalue weighted by Gasteiger charge is 2.26. The molecule has 3 aromatic carbocycles. The molecular formula is C24H17Cl2NO4. The molecule has 0 saturated carbocycles. The lowest BCUT2D eigenvalue weighted by Gasteiger charge is -2.12. The van der Waals surface area contributed by atoms with Crippen molar-refractivity contribution in [3.8, 4) is 11.5 Å². The van der Waals surface area contributed by atoms with E-state index in [1.165, 1.54) is 0 Å². The van der Waals surface area contributed by atoms with E-state index in [-0.39, 0.29) is 6.61 Å². The highest BCUT2D eigenvalue weighted by Crippen LogP contribution is 2.31. The summed E-state index contributed by atoms with van der Waals surface area (Å²) in [6.45, 7) is 0.254. The van der Waals surface area contributed by atoms with E-state index in [0.717, 1.165) is 16.7 Å². The lowest BCUT2D eigenvalue weighted by molar-refractivity contribution is -0.136. The van der Waals surface area contributed by atoms with Gasteiger partial charge in [-0.15, -0.1) is 0 Å². The summed E-state index contributed by atoms with van der Waals surface area (Å²) in [7, 11) is 1.55. The number of ether oxygens (including phenoxy) is 2. The number of hydrogen-bond acceptors (Lipinski definition) is 5. The average Bonchev–Trinajstić information content (AvgIpc) is 3.14. The summed E-state index contributed by atoms with van der Waals surface area (Å²) in [4.78, 5) is 17.1. The molecule has 0 aliphatic carbocycles. The van der Waals surface area contributed by atoms with Gasteiger partial charge >= 0.3 is 5.97 Å². The van der Waals surface area contributed by atoms with Crippen molar-refractivity contribution in [2.24, 2.45) is 5.16 Å². The molecule has 1 aliphatic heterocycles. The molecule has 0 amide bonds. The van der Waals surface area contributed by atoms with Crippen LogP contribution in [0.3, 0.4) is 0 Å². The first kappa shape index (κ1) is 21.0. The number of methoxy groups -OCH3 is 1. The van der Waals surface area contributed by atoms with Crippen LogP contribution in [0.2, 0.25) is 10.0 Å². The quantitative estimate of drug-likeness (QED) is 0.343. The van der Waals surface area contributed by atoms with Crippen molar-refractivity contribution in [3.05, 3.63) is 99.0 Å². The van der Waals surface area contributed by atoms with Gasteiger partial charge in [0.15, 0.2) is 11.5 Å². The van der Waals surface area contributed by atoms with E-state index >= 15 is 0 Å². The number of rotatable bonds is 6. The predicted molar refractivity (Wildman–Crippen MR) is 121 cm³/mol. The number of nitrogens with zero attached hydrogens (tertiary/aromatic N) is 1. The van der Waals surface area contributed by atoms with Gasteiger partial charge in [-0.1, -0.05) is 70.8 Å². The Morgan fingerprint density at radius 1 is 1.00 bits per heavy atom. The zero-order chi connectivity index (χ0) is 21.8. The number of oxime groups is 1. The lowest BCUT2D eigenvalue weighted by Crippen LogP contribution is -2.06. The number of benzene rings is 3. The van der Waals surface area contributed by atoms with E-state index in [1.54, 1.807) is 37.5 Å². The Morgan fingerprint density at radius 3 is 2.55 bits per heavy atom. The van der Waals surface area contributed by atoms with Crippen LogP contribution in [0.15, 0.2) is 77.5 Å². The van der Waals surface area contributed by atoms with E-state index in [0.29, 0.717) is 32.8 Å². The summed E-state index contributed by atoms with van der Waals surface area (Å²) in [5, 5.41) is 5.01. The fourth-order valence-electron chi connectivity index (χ4n) is 3.07. The summed E-state index contributed by atoms with van der Waals surface area (Å²) < 4.78 is 11.4. The van der Waals surface area contributed by atoms with E-state index in [9.17, 15) is 4.79 Å². The Balaban J connectivity index is 1.57. The minimum Gasteiger partial charge on any atom is -0.493 e. The van der Waals surface area contributed by atoms with Crippen LogP contribution in [0.4, 0.5) is 0 Å². The Morgan fingerprint density at radius 2 is 1.81 bits per heavy atom. The summed E-state index contributed by atoms with van der Waals surface area (Å²) in [5.74, 6) is 0.557. The van der Waals surface area contributed by atoms with Crippen molar-refractivity contribution < 1.29 is 19.1 Å². The van der Waals surface area contributed by atoms with Gasteiger partial charge in [0.05, 0.1) is 12.7 Å². The van der Waals surface area contributed by atoms with Gasteiger partial charge in [-0.3, -0.25) is 0 Å². The Bertz CT molecular complexity index is 1190. The number of carbonyl (C=O) groups excluding carboxylic acids is 1. The van der Waals surface area contributed by atoms with Crippen molar-refractivity contribution in [1.29, 1.82) is 0 Å².